The fourth-order valence-electron chi connectivity index (χ4n) is 2.83. The van der Waals surface area contributed by atoms with Crippen LogP contribution >= 0.6 is 0 Å². The van der Waals surface area contributed by atoms with E-state index in [1.165, 1.54) is 12.8 Å². The number of nitrogens with one attached hydrogen (secondary N) is 1. The van der Waals surface area contributed by atoms with Crippen molar-refractivity contribution in [3.63, 3.8) is 0 Å². The van der Waals surface area contributed by atoms with Gasteiger partial charge in [0.15, 0.2) is 0 Å². The van der Waals surface area contributed by atoms with Crippen LogP contribution in [0.25, 0.3) is 0 Å². The maximum atomic E-state index is 12.3. The fourth-order valence-corrected chi connectivity index (χ4v) is 2.83. The molecule has 0 radical (unpaired) electrons. The Hall–Kier alpha value is -0.610. The average Bonchev–Trinajstić information content (AvgIpc) is 2.84. The lowest BCUT2D eigenvalue weighted by Crippen LogP contribution is -2.54. The smallest absolute Gasteiger partial charge is 0.237 e. The summed E-state index contributed by atoms with van der Waals surface area (Å²) in [4.78, 5) is 14.5. The van der Waals surface area contributed by atoms with Gasteiger partial charge in [-0.25, -0.2) is 0 Å². The van der Waals surface area contributed by atoms with E-state index in [9.17, 15) is 4.79 Å². The summed E-state index contributed by atoms with van der Waals surface area (Å²) in [5.74, 6) is 0.663. The fraction of sp³-hybridized carbons (Fsp3) is 0.933. The third-order valence-corrected chi connectivity index (χ3v) is 4.78. The largest absolute Gasteiger partial charge is 0.350 e. The van der Waals surface area contributed by atoms with Crippen LogP contribution in [0.1, 0.15) is 53.4 Å². The molecule has 1 fully saturated rings. The van der Waals surface area contributed by atoms with E-state index in [1.54, 1.807) is 0 Å². The van der Waals surface area contributed by atoms with Gasteiger partial charge in [0.2, 0.25) is 5.91 Å². The molecule has 4 heteroatoms. The minimum Gasteiger partial charge on any atom is -0.350 e. The summed E-state index contributed by atoms with van der Waals surface area (Å²) >= 11 is 0. The van der Waals surface area contributed by atoms with Crippen LogP contribution in [0.15, 0.2) is 0 Å². The van der Waals surface area contributed by atoms with Gasteiger partial charge in [0, 0.05) is 11.6 Å². The summed E-state index contributed by atoms with van der Waals surface area (Å²) in [5.41, 5.74) is 5.70. The van der Waals surface area contributed by atoms with E-state index in [0.717, 1.165) is 19.4 Å². The first-order valence-electron chi connectivity index (χ1n) is 7.56. The summed E-state index contributed by atoms with van der Waals surface area (Å²) in [6, 6.07) is 0.360. The van der Waals surface area contributed by atoms with Gasteiger partial charge in [-0.1, -0.05) is 13.3 Å². The highest BCUT2D eigenvalue weighted by molar-refractivity contribution is 5.82. The van der Waals surface area contributed by atoms with E-state index in [4.69, 9.17) is 5.73 Å². The Kier molecular flexibility index (Phi) is 5.81. The number of carbonyl (C=O) groups excluding carboxylic acids is 1. The first-order valence-corrected chi connectivity index (χ1v) is 7.56. The van der Waals surface area contributed by atoms with Crippen LogP contribution in [-0.2, 0) is 4.79 Å². The Balaban J connectivity index is 2.61. The average molecular weight is 269 g/mol. The molecule has 0 aliphatic heterocycles. The monoisotopic (exact) mass is 269 g/mol. The van der Waals surface area contributed by atoms with Gasteiger partial charge in [-0.15, -0.1) is 0 Å². The molecular weight excluding hydrogens is 238 g/mol. The number of likely N-dealkylation sites (N-methyl/N-ethyl adjacent to an activating group) is 1. The molecule has 4 nitrogen and oxygen atoms in total. The lowest BCUT2D eigenvalue weighted by Gasteiger charge is -2.35. The van der Waals surface area contributed by atoms with Crippen molar-refractivity contribution in [2.75, 3.05) is 13.6 Å². The second kappa shape index (κ2) is 6.71. The molecule has 1 aliphatic rings. The maximum Gasteiger partial charge on any atom is 0.237 e. The third kappa shape index (κ3) is 4.18. The summed E-state index contributed by atoms with van der Waals surface area (Å²) in [6.07, 6.45) is 4.52. The number of nitrogens with zero attached hydrogens (tertiary/aromatic N) is 1. The number of amides is 1. The van der Waals surface area contributed by atoms with Crippen molar-refractivity contribution in [1.29, 1.82) is 0 Å². The van der Waals surface area contributed by atoms with Crippen LogP contribution < -0.4 is 11.1 Å². The van der Waals surface area contributed by atoms with Crippen molar-refractivity contribution in [3.05, 3.63) is 0 Å². The number of hydrogen-bond acceptors (Lipinski definition) is 3. The molecule has 1 amide bonds. The minimum atomic E-state index is -0.130. The topological polar surface area (TPSA) is 58.4 Å². The van der Waals surface area contributed by atoms with Crippen molar-refractivity contribution < 1.29 is 4.79 Å². The van der Waals surface area contributed by atoms with Crippen LogP contribution in [0.2, 0.25) is 0 Å². The zero-order valence-electron chi connectivity index (χ0n) is 13.2. The Morgan fingerprint density at radius 3 is 2.63 bits per heavy atom. The van der Waals surface area contributed by atoms with Gasteiger partial charge in [-0.05, 0) is 59.5 Å². The molecule has 0 aromatic heterocycles. The summed E-state index contributed by atoms with van der Waals surface area (Å²) < 4.78 is 0. The van der Waals surface area contributed by atoms with Crippen LogP contribution in [0, 0.1) is 5.92 Å². The SMILES string of the molecule is CCC(C)(C)NC(=O)C(C)N(C)C1CCCC1CN. The van der Waals surface area contributed by atoms with Gasteiger partial charge in [0.25, 0.3) is 0 Å². The highest BCUT2D eigenvalue weighted by Crippen LogP contribution is 2.29. The first kappa shape index (κ1) is 16.4. The molecule has 3 N–H and O–H groups in total. The zero-order chi connectivity index (χ0) is 14.6. The van der Waals surface area contributed by atoms with Gasteiger partial charge in [0.1, 0.15) is 0 Å². The lowest BCUT2D eigenvalue weighted by atomic mass is 9.99. The van der Waals surface area contributed by atoms with E-state index < -0.39 is 0 Å². The molecule has 1 aliphatic carbocycles. The van der Waals surface area contributed by atoms with Crippen LogP contribution in [0.4, 0.5) is 0 Å². The number of carbonyl (C=O) groups is 1. The van der Waals surface area contributed by atoms with Gasteiger partial charge in [-0.2, -0.15) is 0 Å². The van der Waals surface area contributed by atoms with Crippen molar-refractivity contribution in [1.82, 2.24) is 10.2 Å². The van der Waals surface area contributed by atoms with Crippen LogP contribution in [-0.4, -0.2) is 42.0 Å². The number of rotatable bonds is 6. The quantitative estimate of drug-likeness (QED) is 0.772. The number of nitrogens with two attached hydrogens (primary N) is 1. The molecule has 112 valence electrons. The van der Waals surface area contributed by atoms with Gasteiger partial charge < -0.3 is 11.1 Å². The second-order valence-corrected chi connectivity index (χ2v) is 6.56. The third-order valence-electron chi connectivity index (χ3n) is 4.78. The van der Waals surface area contributed by atoms with E-state index in [-0.39, 0.29) is 17.5 Å². The van der Waals surface area contributed by atoms with Gasteiger partial charge in [0.05, 0.1) is 6.04 Å². The lowest BCUT2D eigenvalue weighted by molar-refractivity contribution is -0.128. The van der Waals surface area contributed by atoms with E-state index in [1.807, 2.05) is 6.92 Å². The highest BCUT2D eigenvalue weighted by Gasteiger charge is 2.34. The van der Waals surface area contributed by atoms with Gasteiger partial charge in [-0.3, -0.25) is 9.69 Å². The highest BCUT2D eigenvalue weighted by atomic mass is 16.2. The van der Waals surface area contributed by atoms with E-state index in [0.29, 0.717) is 12.0 Å². The Labute approximate surface area is 118 Å². The Bertz CT molecular complexity index is 304. The van der Waals surface area contributed by atoms with E-state index in [2.05, 4.69) is 38.0 Å². The number of hydrogen-bond donors (Lipinski definition) is 2. The van der Waals surface area contributed by atoms with Crippen LogP contribution in [0.3, 0.4) is 0 Å². The maximum absolute atomic E-state index is 12.3. The van der Waals surface area contributed by atoms with Crippen molar-refractivity contribution in [2.45, 2.75) is 71.0 Å². The molecule has 0 saturated heterocycles. The molecule has 19 heavy (non-hydrogen) atoms. The summed E-state index contributed by atoms with van der Waals surface area (Å²) in [5, 5.41) is 3.13. The first-order chi connectivity index (χ1) is 8.82. The molecule has 0 aromatic carbocycles. The van der Waals surface area contributed by atoms with Gasteiger partial charge >= 0.3 is 0 Å². The predicted molar refractivity (Wildman–Crippen MR) is 79.9 cm³/mol. The molecule has 0 spiro atoms. The molecule has 3 unspecified atom stereocenters. The molecule has 0 aromatic rings. The predicted octanol–water partition coefficient (Wildman–Crippen LogP) is 1.74. The Morgan fingerprint density at radius 2 is 2.11 bits per heavy atom. The summed E-state index contributed by atoms with van der Waals surface area (Å²) in [7, 11) is 2.06. The molecule has 3 atom stereocenters. The van der Waals surface area contributed by atoms with Crippen molar-refractivity contribution in [2.24, 2.45) is 11.7 Å². The molecule has 1 saturated carbocycles. The molecule has 1 rings (SSSR count). The normalized spacial score (nSPS) is 25.6. The Morgan fingerprint density at radius 1 is 1.47 bits per heavy atom. The van der Waals surface area contributed by atoms with Crippen molar-refractivity contribution >= 4 is 5.91 Å². The molecule has 0 bridgehead atoms. The molecule has 0 heterocycles. The summed E-state index contributed by atoms with van der Waals surface area (Å²) in [6.45, 7) is 8.94. The molecular formula is C15H31N3O. The zero-order valence-corrected chi connectivity index (χ0v) is 13.2. The minimum absolute atomic E-state index is 0.0945. The standard InChI is InChI=1S/C15H31N3O/c1-6-15(3,4)17-14(19)11(2)18(5)13-9-7-8-12(13)10-16/h11-13H,6-10,16H2,1-5H3,(H,17,19). The van der Waals surface area contributed by atoms with Crippen LogP contribution in [0.5, 0.6) is 0 Å². The second-order valence-electron chi connectivity index (χ2n) is 6.56. The van der Waals surface area contributed by atoms with Crippen molar-refractivity contribution in [3.8, 4) is 0 Å². The van der Waals surface area contributed by atoms with E-state index >= 15 is 0 Å².